The van der Waals surface area contributed by atoms with Gasteiger partial charge in [-0.3, -0.25) is 0 Å². The van der Waals surface area contributed by atoms with Crippen molar-refractivity contribution >= 4 is 29.1 Å². The molecule has 1 aromatic carbocycles. The summed E-state index contributed by atoms with van der Waals surface area (Å²) in [6, 6.07) is 10.2. The molecule has 0 unspecified atom stereocenters. The van der Waals surface area contributed by atoms with E-state index in [1.807, 2.05) is 6.26 Å². The maximum atomic E-state index is 5.76. The molecule has 0 aliphatic rings. The van der Waals surface area contributed by atoms with Crippen LogP contribution in [-0.2, 0) is 6.42 Å². The first-order valence-corrected chi connectivity index (χ1v) is 7.98. The zero-order chi connectivity index (χ0) is 14.4. The molecular formula is C15H20N4S. The second-order valence-corrected chi connectivity index (χ2v) is 5.36. The van der Waals surface area contributed by atoms with Gasteiger partial charge in [-0.05, 0) is 36.8 Å². The molecule has 0 radical (unpaired) electrons. The molecule has 1 heterocycles. The van der Waals surface area contributed by atoms with Gasteiger partial charge in [0, 0.05) is 11.8 Å². The molecule has 1 aromatic heterocycles. The smallest absolute Gasteiger partial charge is 0.191 e. The van der Waals surface area contributed by atoms with Gasteiger partial charge in [0.15, 0.2) is 5.16 Å². The van der Waals surface area contributed by atoms with Crippen molar-refractivity contribution in [3.8, 4) is 0 Å². The number of unbranched alkanes of at least 4 members (excludes halogenated alkanes) is 1. The van der Waals surface area contributed by atoms with E-state index < -0.39 is 0 Å². The lowest BCUT2D eigenvalue weighted by molar-refractivity contribution is 0.795. The number of aromatic nitrogens is 2. The van der Waals surface area contributed by atoms with Crippen LogP contribution in [0.3, 0.4) is 0 Å². The number of benzene rings is 1. The second kappa shape index (κ2) is 7.14. The van der Waals surface area contributed by atoms with E-state index in [0.717, 1.165) is 17.9 Å². The molecule has 3 N–H and O–H groups in total. The van der Waals surface area contributed by atoms with Gasteiger partial charge in [0.05, 0.1) is 0 Å². The number of nitrogen functional groups attached to an aromatic ring is 1. The third-order valence-electron chi connectivity index (χ3n) is 2.95. The minimum Gasteiger partial charge on any atom is -0.383 e. The molecule has 0 saturated heterocycles. The molecule has 106 valence electrons. The van der Waals surface area contributed by atoms with Crippen LogP contribution in [0.4, 0.5) is 17.3 Å². The first-order chi connectivity index (χ1) is 9.71. The minimum absolute atomic E-state index is 0.478. The van der Waals surface area contributed by atoms with Crippen molar-refractivity contribution in [2.45, 2.75) is 31.3 Å². The standard InChI is InChI=1S/C15H20N4S/c1-3-4-5-11-6-8-12(9-7-11)17-14-10-13(16)18-15(19-14)20-2/h6-10H,3-5H2,1-2H3,(H3,16,17,18,19). The molecule has 0 aliphatic heterocycles. The van der Waals surface area contributed by atoms with Crippen LogP contribution in [0.25, 0.3) is 0 Å². The van der Waals surface area contributed by atoms with Gasteiger partial charge in [0.2, 0.25) is 0 Å². The summed E-state index contributed by atoms with van der Waals surface area (Å²) in [4.78, 5) is 8.51. The Morgan fingerprint density at radius 3 is 2.60 bits per heavy atom. The van der Waals surface area contributed by atoms with E-state index in [9.17, 15) is 0 Å². The van der Waals surface area contributed by atoms with Crippen molar-refractivity contribution in [1.82, 2.24) is 9.97 Å². The maximum Gasteiger partial charge on any atom is 0.191 e. The van der Waals surface area contributed by atoms with Gasteiger partial charge < -0.3 is 11.1 Å². The number of aryl methyl sites for hydroxylation is 1. The van der Waals surface area contributed by atoms with E-state index in [1.165, 1.54) is 30.2 Å². The number of nitrogens with zero attached hydrogens (tertiary/aromatic N) is 2. The van der Waals surface area contributed by atoms with Crippen molar-refractivity contribution in [3.63, 3.8) is 0 Å². The van der Waals surface area contributed by atoms with Crippen LogP contribution in [0, 0.1) is 0 Å². The van der Waals surface area contributed by atoms with Crippen molar-refractivity contribution in [2.24, 2.45) is 0 Å². The van der Waals surface area contributed by atoms with Crippen LogP contribution >= 0.6 is 11.8 Å². The first kappa shape index (κ1) is 14.7. The van der Waals surface area contributed by atoms with Crippen molar-refractivity contribution < 1.29 is 0 Å². The summed E-state index contributed by atoms with van der Waals surface area (Å²) in [5.74, 6) is 1.20. The van der Waals surface area contributed by atoms with Gasteiger partial charge >= 0.3 is 0 Å². The lowest BCUT2D eigenvalue weighted by atomic mass is 10.1. The van der Waals surface area contributed by atoms with Gasteiger partial charge in [-0.25, -0.2) is 9.97 Å². The largest absolute Gasteiger partial charge is 0.383 e. The Hall–Kier alpha value is -1.75. The molecular weight excluding hydrogens is 268 g/mol. The van der Waals surface area contributed by atoms with Gasteiger partial charge in [-0.2, -0.15) is 0 Å². The number of anilines is 3. The lowest BCUT2D eigenvalue weighted by Gasteiger charge is -2.08. The third kappa shape index (κ3) is 4.13. The van der Waals surface area contributed by atoms with Crippen LogP contribution in [0.1, 0.15) is 25.3 Å². The van der Waals surface area contributed by atoms with Crippen LogP contribution in [0.15, 0.2) is 35.5 Å². The summed E-state index contributed by atoms with van der Waals surface area (Å²) < 4.78 is 0. The number of hydrogen-bond acceptors (Lipinski definition) is 5. The van der Waals surface area contributed by atoms with E-state index in [4.69, 9.17) is 5.73 Å². The summed E-state index contributed by atoms with van der Waals surface area (Å²) >= 11 is 1.48. The average Bonchev–Trinajstić information content (AvgIpc) is 2.46. The summed E-state index contributed by atoms with van der Waals surface area (Å²) in [5.41, 5.74) is 8.14. The van der Waals surface area contributed by atoms with E-state index in [2.05, 4.69) is 46.5 Å². The van der Waals surface area contributed by atoms with Crippen LogP contribution in [0.5, 0.6) is 0 Å². The highest BCUT2D eigenvalue weighted by Crippen LogP contribution is 2.20. The fourth-order valence-corrected chi connectivity index (χ4v) is 2.27. The van der Waals surface area contributed by atoms with E-state index in [-0.39, 0.29) is 0 Å². The Bertz CT molecular complexity index is 554. The highest BCUT2D eigenvalue weighted by molar-refractivity contribution is 7.98. The maximum absolute atomic E-state index is 5.76. The van der Waals surface area contributed by atoms with Gasteiger partial charge in [-0.1, -0.05) is 37.2 Å². The second-order valence-electron chi connectivity index (χ2n) is 4.59. The fraction of sp³-hybridized carbons (Fsp3) is 0.333. The number of hydrogen-bond donors (Lipinski definition) is 2. The highest BCUT2D eigenvalue weighted by Gasteiger charge is 2.02. The molecule has 0 spiro atoms. The summed E-state index contributed by atoms with van der Waals surface area (Å²) in [7, 11) is 0. The normalized spacial score (nSPS) is 10.5. The fourth-order valence-electron chi connectivity index (χ4n) is 1.88. The molecule has 2 rings (SSSR count). The van der Waals surface area contributed by atoms with Crippen LogP contribution < -0.4 is 11.1 Å². The number of nitrogens with two attached hydrogens (primary N) is 1. The number of rotatable bonds is 6. The molecule has 0 bridgehead atoms. The van der Waals surface area contributed by atoms with Crippen LogP contribution in [-0.4, -0.2) is 16.2 Å². The van der Waals surface area contributed by atoms with Crippen molar-refractivity contribution in [2.75, 3.05) is 17.3 Å². The summed E-state index contributed by atoms with van der Waals surface area (Å²) in [6.45, 7) is 2.21. The van der Waals surface area contributed by atoms with E-state index in [0.29, 0.717) is 11.0 Å². The quantitative estimate of drug-likeness (QED) is 0.624. The minimum atomic E-state index is 0.478. The predicted molar refractivity (Wildman–Crippen MR) is 86.6 cm³/mol. The number of thioether (sulfide) groups is 1. The topological polar surface area (TPSA) is 63.8 Å². The van der Waals surface area contributed by atoms with Crippen molar-refractivity contribution in [1.29, 1.82) is 0 Å². The molecule has 0 atom stereocenters. The Kier molecular flexibility index (Phi) is 5.24. The molecule has 0 amide bonds. The molecule has 0 fully saturated rings. The zero-order valence-corrected chi connectivity index (χ0v) is 12.7. The summed E-state index contributed by atoms with van der Waals surface area (Å²) in [5, 5.41) is 3.93. The predicted octanol–water partition coefficient (Wildman–Crippen LogP) is 3.87. The number of nitrogens with one attached hydrogen (secondary N) is 1. The van der Waals surface area contributed by atoms with Crippen molar-refractivity contribution in [3.05, 3.63) is 35.9 Å². The molecule has 2 aromatic rings. The molecule has 4 nitrogen and oxygen atoms in total. The SMILES string of the molecule is CCCCc1ccc(Nc2cc(N)nc(SC)n2)cc1. The average molecular weight is 288 g/mol. The van der Waals surface area contributed by atoms with Gasteiger partial charge in [0.1, 0.15) is 11.6 Å². The van der Waals surface area contributed by atoms with Gasteiger partial charge in [0.25, 0.3) is 0 Å². The Morgan fingerprint density at radius 1 is 1.20 bits per heavy atom. The molecule has 0 saturated carbocycles. The molecule has 0 aliphatic carbocycles. The molecule has 20 heavy (non-hydrogen) atoms. The van der Waals surface area contributed by atoms with Crippen LogP contribution in [0.2, 0.25) is 0 Å². The Labute approximate surface area is 124 Å². The molecule has 5 heteroatoms. The third-order valence-corrected chi connectivity index (χ3v) is 3.50. The highest BCUT2D eigenvalue weighted by atomic mass is 32.2. The Balaban J connectivity index is 2.07. The summed E-state index contributed by atoms with van der Waals surface area (Å²) in [6.07, 6.45) is 5.51. The first-order valence-electron chi connectivity index (χ1n) is 6.75. The lowest BCUT2D eigenvalue weighted by Crippen LogP contribution is -2.00. The zero-order valence-electron chi connectivity index (χ0n) is 11.9. The Morgan fingerprint density at radius 2 is 1.95 bits per heavy atom. The monoisotopic (exact) mass is 288 g/mol. The van der Waals surface area contributed by atoms with E-state index >= 15 is 0 Å². The van der Waals surface area contributed by atoms with Gasteiger partial charge in [-0.15, -0.1) is 0 Å². The van der Waals surface area contributed by atoms with E-state index in [1.54, 1.807) is 6.07 Å².